The molecule has 1 aromatic heterocycles. The Bertz CT molecular complexity index is 1050. The van der Waals surface area contributed by atoms with Gasteiger partial charge in [0.05, 0.1) is 28.3 Å². The van der Waals surface area contributed by atoms with E-state index < -0.39 is 10.8 Å². The van der Waals surface area contributed by atoms with E-state index >= 15 is 0 Å². The number of hydrogen-bond acceptors (Lipinski definition) is 6. The maximum absolute atomic E-state index is 13.0. The normalized spacial score (nSPS) is 11.3. The summed E-state index contributed by atoms with van der Waals surface area (Å²) in [6, 6.07) is 12.1. The molecular formula is C19H15FN4O3S. The lowest BCUT2D eigenvalue weighted by Gasteiger charge is -2.03. The summed E-state index contributed by atoms with van der Waals surface area (Å²) in [5.74, 6) is -0.722. The number of nitrogens with zero attached hydrogens (tertiary/aromatic N) is 3. The number of rotatable bonds is 6. The summed E-state index contributed by atoms with van der Waals surface area (Å²) in [5, 5.41) is 17.5. The van der Waals surface area contributed by atoms with Crippen LogP contribution in [0, 0.1) is 15.9 Å². The zero-order chi connectivity index (χ0) is 20.1. The lowest BCUT2D eigenvalue weighted by atomic mass is 10.1. The molecule has 0 aliphatic carbocycles. The molecule has 1 heterocycles. The SMILES string of the molecule is C/C(=N/NC(=O)Cc1csc(-c2ccc(F)cc2)n1)c1ccccc1[N+](=O)[O-]. The topological polar surface area (TPSA) is 97.5 Å². The van der Waals surface area contributed by atoms with Crippen molar-refractivity contribution in [1.82, 2.24) is 10.4 Å². The minimum Gasteiger partial charge on any atom is -0.273 e. The van der Waals surface area contributed by atoms with Crippen molar-refractivity contribution in [3.8, 4) is 10.6 Å². The highest BCUT2D eigenvalue weighted by molar-refractivity contribution is 7.13. The molecule has 3 rings (SSSR count). The molecule has 0 unspecified atom stereocenters. The van der Waals surface area contributed by atoms with E-state index in [1.807, 2.05) is 0 Å². The van der Waals surface area contributed by atoms with Gasteiger partial charge in [-0.3, -0.25) is 14.9 Å². The summed E-state index contributed by atoms with van der Waals surface area (Å²) in [6.45, 7) is 1.58. The van der Waals surface area contributed by atoms with Gasteiger partial charge in [-0.15, -0.1) is 11.3 Å². The highest BCUT2D eigenvalue weighted by atomic mass is 32.1. The van der Waals surface area contributed by atoms with E-state index in [4.69, 9.17) is 0 Å². The number of nitro groups is 1. The van der Waals surface area contributed by atoms with Crippen LogP contribution in [0.25, 0.3) is 10.6 Å². The maximum Gasteiger partial charge on any atom is 0.278 e. The number of hydrazone groups is 1. The van der Waals surface area contributed by atoms with Gasteiger partial charge in [0, 0.05) is 17.0 Å². The maximum atomic E-state index is 13.0. The number of carbonyl (C=O) groups excluding carboxylic acids is 1. The van der Waals surface area contributed by atoms with Crippen LogP contribution in [0.4, 0.5) is 10.1 Å². The van der Waals surface area contributed by atoms with Gasteiger partial charge in [0.1, 0.15) is 10.8 Å². The first-order valence-corrected chi connectivity index (χ1v) is 9.09. The molecule has 142 valence electrons. The average molecular weight is 398 g/mol. The Balaban J connectivity index is 1.65. The van der Waals surface area contributed by atoms with Gasteiger partial charge in [-0.2, -0.15) is 5.10 Å². The molecule has 1 amide bonds. The predicted molar refractivity (Wildman–Crippen MR) is 105 cm³/mol. The largest absolute Gasteiger partial charge is 0.278 e. The number of carbonyl (C=O) groups is 1. The van der Waals surface area contributed by atoms with E-state index in [0.717, 1.165) is 5.56 Å². The third kappa shape index (κ3) is 4.63. The Labute approximate surface area is 163 Å². The smallest absolute Gasteiger partial charge is 0.273 e. The van der Waals surface area contributed by atoms with Gasteiger partial charge in [-0.05, 0) is 37.3 Å². The van der Waals surface area contributed by atoms with Crippen molar-refractivity contribution in [3.05, 3.63) is 81.1 Å². The van der Waals surface area contributed by atoms with Crippen LogP contribution in [-0.4, -0.2) is 21.5 Å². The fraction of sp³-hybridized carbons (Fsp3) is 0.105. The van der Waals surface area contributed by atoms with Crippen molar-refractivity contribution in [1.29, 1.82) is 0 Å². The van der Waals surface area contributed by atoms with E-state index in [-0.39, 0.29) is 17.9 Å². The van der Waals surface area contributed by atoms with Crippen LogP contribution >= 0.6 is 11.3 Å². The first-order valence-electron chi connectivity index (χ1n) is 8.21. The molecule has 1 N–H and O–H groups in total. The van der Waals surface area contributed by atoms with Gasteiger partial charge < -0.3 is 0 Å². The number of para-hydroxylation sites is 1. The Morgan fingerprint density at radius 1 is 1.25 bits per heavy atom. The second-order valence-electron chi connectivity index (χ2n) is 5.83. The number of aromatic nitrogens is 1. The Kier molecular flexibility index (Phi) is 5.85. The molecule has 3 aromatic rings. The van der Waals surface area contributed by atoms with Crippen LogP contribution in [0.1, 0.15) is 18.2 Å². The van der Waals surface area contributed by atoms with Crippen molar-refractivity contribution < 1.29 is 14.1 Å². The molecule has 0 saturated heterocycles. The van der Waals surface area contributed by atoms with Gasteiger partial charge >= 0.3 is 0 Å². The molecule has 0 fully saturated rings. The van der Waals surface area contributed by atoms with Gasteiger partial charge in [-0.25, -0.2) is 14.8 Å². The van der Waals surface area contributed by atoms with E-state index in [1.165, 1.54) is 29.5 Å². The summed E-state index contributed by atoms with van der Waals surface area (Å²) in [4.78, 5) is 27.1. The van der Waals surface area contributed by atoms with Crippen molar-refractivity contribution in [2.24, 2.45) is 5.10 Å². The van der Waals surface area contributed by atoms with Gasteiger partial charge in [0.2, 0.25) is 5.91 Å². The molecule has 0 radical (unpaired) electrons. The minimum absolute atomic E-state index is 0.00532. The molecule has 0 atom stereocenters. The third-order valence-electron chi connectivity index (χ3n) is 3.82. The monoisotopic (exact) mass is 398 g/mol. The van der Waals surface area contributed by atoms with Crippen LogP contribution < -0.4 is 5.43 Å². The van der Waals surface area contributed by atoms with Crippen molar-refractivity contribution in [2.75, 3.05) is 0 Å². The van der Waals surface area contributed by atoms with Crippen LogP contribution in [0.5, 0.6) is 0 Å². The molecule has 7 nitrogen and oxygen atoms in total. The van der Waals surface area contributed by atoms with E-state index in [0.29, 0.717) is 22.0 Å². The van der Waals surface area contributed by atoms with Crippen LogP contribution in [0.2, 0.25) is 0 Å². The number of hydrogen-bond donors (Lipinski definition) is 1. The molecule has 2 aromatic carbocycles. The predicted octanol–water partition coefficient (Wildman–Crippen LogP) is 3.94. The Morgan fingerprint density at radius 3 is 2.68 bits per heavy atom. The van der Waals surface area contributed by atoms with Gasteiger partial charge in [0.25, 0.3) is 5.69 Å². The van der Waals surface area contributed by atoms with Gasteiger partial charge in [0.15, 0.2) is 0 Å². The molecule has 0 bridgehead atoms. The standard InChI is InChI=1S/C19H15FN4O3S/c1-12(16-4-2-3-5-17(16)24(26)27)22-23-18(25)10-15-11-28-19(21-15)13-6-8-14(20)9-7-13/h2-9,11H,10H2,1H3,(H,23,25)/b22-12-. The van der Waals surface area contributed by atoms with Crippen molar-refractivity contribution in [3.63, 3.8) is 0 Å². The first kappa shape index (κ1) is 19.3. The number of benzene rings is 2. The number of nitrogens with one attached hydrogen (secondary N) is 1. The van der Waals surface area contributed by atoms with Crippen molar-refractivity contribution in [2.45, 2.75) is 13.3 Å². The quantitative estimate of drug-likeness (QED) is 0.386. The van der Waals surface area contributed by atoms with E-state index in [1.54, 1.807) is 42.6 Å². The number of thiazole rings is 1. The summed E-state index contributed by atoms with van der Waals surface area (Å²) in [7, 11) is 0. The average Bonchev–Trinajstić information content (AvgIpc) is 3.15. The molecule has 28 heavy (non-hydrogen) atoms. The highest BCUT2D eigenvalue weighted by Crippen LogP contribution is 2.24. The zero-order valence-electron chi connectivity index (χ0n) is 14.8. The Morgan fingerprint density at radius 2 is 1.96 bits per heavy atom. The number of amides is 1. The van der Waals surface area contributed by atoms with Crippen LogP contribution in [0.3, 0.4) is 0 Å². The van der Waals surface area contributed by atoms with Crippen LogP contribution in [0.15, 0.2) is 59.0 Å². The first-order chi connectivity index (χ1) is 13.4. The highest BCUT2D eigenvalue weighted by Gasteiger charge is 2.15. The summed E-state index contributed by atoms with van der Waals surface area (Å²) in [6.07, 6.45) is 0.00532. The lowest BCUT2D eigenvalue weighted by Crippen LogP contribution is -2.21. The van der Waals surface area contributed by atoms with Gasteiger partial charge in [-0.1, -0.05) is 12.1 Å². The fourth-order valence-electron chi connectivity index (χ4n) is 2.46. The summed E-state index contributed by atoms with van der Waals surface area (Å²) in [5.41, 5.74) is 4.29. The van der Waals surface area contributed by atoms with Crippen LogP contribution in [-0.2, 0) is 11.2 Å². The number of halogens is 1. The third-order valence-corrected chi connectivity index (χ3v) is 4.76. The van der Waals surface area contributed by atoms with Crippen molar-refractivity contribution >= 4 is 28.6 Å². The second kappa shape index (κ2) is 8.49. The summed E-state index contributed by atoms with van der Waals surface area (Å²) >= 11 is 1.35. The summed E-state index contributed by atoms with van der Waals surface area (Å²) < 4.78 is 13.0. The molecule has 0 aliphatic heterocycles. The van der Waals surface area contributed by atoms with E-state index in [2.05, 4.69) is 15.5 Å². The fourth-order valence-corrected chi connectivity index (χ4v) is 3.29. The molecule has 0 spiro atoms. The second-order valence-corrected chi connectivity index (χ2v) is 6.69. The Hall–Kier alpha value is -3.46. The number of nitro benzene ring substituents is 1. The lowest BCUT2D eigenvalue weighted by molar-refractivity contribution is -0.385. The molecule has 0 saturated carbocycles. The zero-order valence-corrected chi connectivity index (χ0v) is 15.6. The van der Waals surface area contributed by atoms with E-state index in [9.17, 15) is 19.3 Å². The molecule has 0 aliphatic rings. The molecular weight excluding hydrogens is 383 g/mol. The molecule has 9 heteroatoms. The minimum atomic E-state index is -0.498.